The van der Waals surface area contributed by atoms with Crippen LogP contribution >= 0.6 is 58.2 Å². The third kappa shape index (κ3) is 4.84. The Balaban J connectivity index is 1.48. The van der Waals surface area contributed by atoms with E-state index in [4.69, 9.17) is 46.4 Å². The minimum atomic E-state index is -0.364. The molecule has 1 fully saturated rings. The van der Waals surface area contributed by atoms with Crippen molar-refractivity contribution in [2.24, 2.45) is 0 Å². The molecule has 2 heterocycles. The van der Waals surface area contributed by atoms with Crippen molar-refractivity contribution < 1.29 is 9.59 Å². The van der Waals surface area contributed by atoms with E-state index in [0.717, 1.165) is 33.8 Å². The second-order valence-electron chi connectivity index (χ2n) is 7.93. The summed E-state index contributed by atoms with van der Waals surface area (Å²) in [6, 6.07) is 18.2. The zero-order valence-corrected chi connectivity index (χ0v) is 21.8. The van der Waals surface area contributed by atoms with Gasteiger partial charge in [0.1, 0.15) is 0 Å². The molecule has 0 radical (unpaired) electrons. The van der Waals surface area contributed by atoms with Gasteiger partial charge in [-0.3, -0.25) is 14.5 Å². The smallest absolute Gasteiger partial charge is 0.293 e. The third-order valence-electron chi connectivity index (χ3n) is 5.71. The lowest BCUT2D eigenvalue weighted by molar-refractivity contribution is -0.123. The summed E-state index contributed by atoms with van der Waals surface area (Å²) in [4.78, 5) is 27.3. The highest BCUT2D eigenvalue weighted by atomic mass is 35.5. The Hall–Kier alpha value is -2.41. The van der Waals surface area contributed by atoms with Crippen LogP contribution in [-0.2, 0) is 17.9 Å². The maximum absolute atomic E-state index is 13.1. The number of benzene rings is 3. The number of nitrogens with zero attached hydrogens (tertiary/aromatic N) is 2. The Morgan fingerprint density at radius 3 is 2.31 bits per heavy atom. The number of hydrogen-bond donors (Lipinski definition) is 0. The van der Waals surface area contributed by atoms with Crippen LogP contribution in [0.5, 0.6) is 0 Å². The first-order chi connectivity index (χ1) is 16.8. The van der Waals surface area contributed by atoms with Gasteiger partial charge >= 0.3 is 0 Å². The minimum Gasteiger partial charge on any atom is -0.342 e. The summed E-state index contributed by atoms with van der Waals surface area (Å²) in [5, 5.41) is 2.66. The average Bonchev–Trinajstić information content (AvgIpc) is 3.30. The monoisotopic (exact) mass is 560 g/mol. The number of para-hydroxylation sites is 1. The van der Waals surface area contributed by atoms with E-state index in [-0.39, 0.29) is 17.7 Å². The fraction of sp³-hybridized carbons (Fsp3) is 0.0769. The van der Waals surface area contributed by atoms with Crippen LogP contribution < -0.4 is 0 Å². The summed E-state index contributed by atoms with van der Waals surface area (Å²) in [7, 11) is 0. The lowest BCUT2D eigenvalue weighted by atomic mass is 10.1. The standard InChI is InChI=1S/C26H16Cl4N2O2S/c27-17-9-8-15(22(30)11-17)13-32-25(33)24(35-26(32)34)10-16-12-31(23-7-2-1-4-18(16)23)14-19-20(28)5-3-6-21(19)29/h1-12H,13-14H2/b24-10-. The second kappa shape index (κ2) is 9.92. The molecule has 0 aliphatic carbocycles. The number of imide groups is 1. The summed E-state index contributed by atoms with van der Waals surface area (Å²) in [5.74, 6) is -0.364. The first-order valence-electron chi connectivity index (χ1n) is 10.5. The quantitative estimate of drug-likeness (QED) is 0.229. The van der Waals surface area contributed by atoms with E-state index in [0.29, 0.717) is 37.1 Å². The van der Waals surface area contributed by atoms with E-state index in [9.17, 15) is 9.59 Å². The van der Waals surface area contributed by atoms with Gasteiger partial charge in [0.15, 0.2) is 0 Å². The molecule has 1 saturated heterocycles. The van der Waals surface area contributed by atoms with Crippen LogP contribution in [0.4, 0.5) is 4.79 Å². The first kappa shape index (κ1) is 24.3. The number of thioether (sulfide) groups is 1. The number of rotatable bonds is 5. The van der Waals surface area contributed by atoms with Gasteiger partial charge in [0.2, 0.25) is 0 Å². The van der Waals surface area contributed by atoms with Gasteiger partial charge < -0.3 is 4.57 Å². The summed E-state index contributed by atoms with van der Waals surface area (Å²) in [5.41, 5.74) is 3.23. The van der Waals surface area contributed by atoms with Crippen molar-refractivity contribution in [3.05, 3.63) is 109 Å². The van der Waals surface area contributed by atoms with E-state index >= 15 is 0 Å². The maximum Gasteiger partial charge on any atom is 0.293 e. The Labute approximate surface area is 226 Å². The first-order valence-corrected chi connectivity index (χ1v) is 12.8. The number of carbonyl (C=O) groups excluding carboxylic acids is 2. The fourth-order valence-electron chi connectivity index (χ4n) is 3.97. The molecule has 0 atom stereocenters. The molecule has 5 rings (SSSR count). The van der Waals surface area contributed by atoms with Gasteiger partial charge in [0.25, 0.3) is 11.1 Å². The van der Waals surface area contributed by atoms with Crippen molar-refractivity contribution in [2.75, 3.05) is 0 Å². The number of fused-ring (bicyclic) bond motifs is 1. The molecule has 2 amide bonds. The van der Waals surface area contributed by atoms with Gasteiger partial charge in [-0.1, -0.05) is 76.7 Å². The lowest BCUT2D eigenvalue weighted by Gasteiger charge is -2.13. The van der Waals surface area contributed by atoms with Crippen LogP contribution in [0.3, 0.4) is 0 Å². The van der Waals surface area contributed by atoms with E-state index in [1.165, 1.54) is 4.90 Å². The molecule has 0 spiro atoms. The van der Waals surface area contributed by atoms with Crippen molar-refractivity contribution in [2.45, 2.75) is 13.1 Å². The number of carbonyl (C=O) groups is 2. The van der Waals surface area contributed by atoms with Crippen LogP contribution in [-0.4, -0.2) is 20.6 Å². The van der Waals surface area contributed by atoms with E-state index in [1.807, 2.05) is 35.0 Å². The largest absolute Gasteiger partial charge is 0.342 e. The molecule has 0 saturated carbocycles. The van der Waals surface area contributed by atoms with E-state index in [1.54, 1.807) is 42.5 Å². The predicted octanol–water partition coefficient (Wildman–Crippen LogP) is 8.54. The molecule has 3 aromatic carbocycles. The predicted molar refractivity (Wildman–Crippen MR) is 145 cm³/mol. The minimum absolute atomic E-state index is 0.0742. The van der Waals surface area contributed by atoms with Crippen molar-refractivity contribution in [1.29, 1.82) is 0 Å². The normalized spacial score (nSPS) is 15.1. The lowest BCUT2D eigenvalue weighted by Crippen LogP contribution is -2.27. The highest BCUT2D eigenvalue weighted by molar-refractivity contribution is 8.18. The number of hydrogen-bond acceptors (Lipinski definition) is 3. The van der Waals surface area contributed by atoms with Gasteiger partial charge in [0, 0.05) is 48.3 Å². The van der Waals surface area contributed by atoms with Crippen LogP contribution in [0.1, 0.15) is 16.7 Å². The molecule has 0 N–H and O–H groups in total. The molecule has 35 heavy (non-hydrogen) atoms. The molecule has 0 bridgehead atoms. The van der Waals surface area contributed by atoms with Crippen molar-refractivity contribution in [3.8, 4) is 0 Å². The zero-order valence-electron chi connectivity index (χ0n) is 18.0. The Bertz CT molecular complexity index is 1510. The van der Waals surface area contributed by atoms with Crippen LogP contribution in [0.15, 0.2) is 71.8 Å². The third-order valence-corrected chi connectivity index (χ3v) is 7.92. The fourth-order valence-corrected chi connectivity index (χ4v) is 5.79. The Morgan fingerprint density at radius 2 is 1.57 bits per heavy atom. The number of aromatic nitrogens is 1. The molecule has 4 nitrogen and oxygen atoms in total. The highest BCUT2D eigenvalue weighted by Crippen LogP contribution is 2.36. The molecule has 1 aliphatic rings. The maximum atomic E-state index is 13.1. The van der Waals surface area contributed by atoms with Crippen molar-refractivity contribution >= 4 is 86.3 Å². The Kier molecular flexibility index (Phi) is 6.88. The molecule has 1 aliphatic heterocycles. The van der Waals surface area contributed by atoms with Gasteiger partial charge in [-0.2, -0.15) is 0 Å². The molecule has 176 valence electrons. The summed E-state index contributed by atoms with van der Waals surface area (Å²) >= 11 is 25.9. The molecular weight excluding hydrogens is 546 g/mol. The molecule has 9 heteroatoms. The van der Waals surface area contributed by atoms with Gasteiger partial charge in [-0.15, -0.1) is 0 Å². The van der Waals surface area contributed by atoms with Crippen LogP contribution in [0, 0.1) is 0 Å². The van der Waals surface area contributed by atoms with E-state index < -0.39 is 0 Å². The Morgan fingerprint density at radius 1 is 0.829 bits per heavy atom. The summed E-state index contributed by atoms with van der Waals surface area (Å²) < 4.78 is 2.03. The highest BCUT2D eigenvalue weighted by Gasteiger charge is 2.35. The molecule has 0 unspecified atom stereocenters. The molecular formula is C26H16Cl4N2O2S. The van der Waals surface area contributed by atoms with Gasteiger partial charge in [-0.05, 0) is 53.7 Å². The number of amides is 2. The summed E-state index contributed by atoms with van der Waals surface area (Å²) in [6.07, 6.45) is 3.69. The van der Waals surface area contributed by atoms with Crippen LogP contribution in [0.25, 0.3) is 17.0 Å². The molecule has 4 aromatic rings. The zero-order chi connectivity index (χ0) is 24.7. The van der Waals surface area contributed by atoms with Gasteiger partial charge in [0.05, 0.1) is 18.0 Å². The SMILES string of the molecule is O=C1S/C(=C\c2cn(Cc3c(Cl)cccc3Cl)c3ccccc23)C(=O)N1Cc1ccc(Cl)cc1Cl. The van der Waals surface area contributed by atoms with Gasteiger partial charge in [-0.25, -0.2) is 0 Å². The van der Waals surface area contributed by atoms with Crippen molar-refractivity contribution in [1.82, 2.24) is 9.47 Å². The molecule has 1 aromatic heterocycles. The number of halogens is 4. The van der Waals surface area contributed by atoms with Crippen LogP contribution in [0.2, 0.25) is 20.1 Å². The summed E-state index contributed by atoms with van der Waals surface area (Å²) in [6.45, 7) is 0.536. The van der Waals surface area contributed by atoms with E-state index in [2.05, 4.69) is 0 Å². The topological polar surface area (TPSA) is 42.3 Å². The van der Waals surface area contributed by atoms with Crippen molar-refractivity contribution in [3.63, 3.8) is 0 Å². The average molecular weight is 562 g/mol. The second-order valence-corrected chi connectivity index (χ2v) is 10.6.